The molecule has 0 spiro atoms. The molecule has 1 saturated heterocycles. The number of piperidine rings is 1. The van der Waals surface area contributed by atoms with Crippen molar-refractivity contribution in [2.24, 2.45) is 0 Å². The summed E-state index contributed by atoms with van der Waals surface area (Å²) in [6.45, 7) is 1.39. The van der Waals surface area contributed by atoms with Gasteiger partial charge in [0.05, 0.1) is 13.0 Å². The smallest absolute Gasteiger partial charge is 0.415 e. The van der Waals surface area contributed by atoms with E-state index in [0.717, 1.165) is 30.2 Å². The van der Waals surface area contributed by atoms with Crippen molar-refractivity contribution in [2.75, 3.05) is 18.8 Å². The summed E-state index contributed by atoms with van der Waals surface area (Å²) >= 11 is 3.19. The number of carboxylic acids is 1. The van der Waals surface area contributed by atoms with Gasteiger partial charge in [0, 0.05) is 36.5 Å². The van der Waals surface area contributed by atoms with Crippen molar-refractivity contribution in [3.63, 3.8) is 0 Å². The molecule has 0 atom stereocenters. The van der Waals surface area contributed by atoms with Crippen molar-refractivity contribution in [1.29, 1.82) is 0 Å². The molecular weight excluding hydrogens is 478 g/mol. The molecule has 4 rings (SSSR count). The molecule has 0 unspecified atom stereocenters. The molecule has 3 aromatic rings. The zero-order valence-corrected chi connectivity index (χ0v) is 20.0. The number of amides is 1. The number of nitrogens with zero attached hydrogens (tertiary/aromatic N) is 6. The van der Waals surface area contributed by atoms with Crippen molar-refractivity contribution in [1.82, 2.24) is 35.1 Å². The monoisotopic (exact) mass is 503 g/mol. The van der Waals surface area contributed by atoms with Crippen LogP contribution in [0.3, 0.4) is 0 Å². The van der Waals surface area contributed by atoms with E-state index in [2.05, 4.69) is 25.5 Å². The molecule has 0 radical (unpaired) electrons. The number of tetrazole rings is 1. The Balaban J connectivity index is 1.19. The number of ether oxygens (including phenoxy) is 1. The molecule has 0 saturated carbocycles. The van der Waals surface area contributed by atoms with Gasteiger partial charge in [0.25, 0.3) is 0 Å². The van der Waals surface area contributed by atoms with Crippen LogP contribution < -0.4 is 4.74 Å². The minimum absolute atomic E-state index is 0.0340. The van der Waals surface area contributed by atoms with Gasteiger partial charge in [-0.3, -0.25) is 4.79 Å². The molecule has 0 bridgehead atoms. The largest absolute Gasteiger partial charge is 0.481 e. The normalized spacial score (nSPS) is 14.3. The fourth-order valence-electron chi connectivity index (χ4n) is 3.41. The van der Waals surface area contributed by atoms with Crippen LogP contribution in [0.1, 0.15) is 24.8 Å². The second-order valence-corrected chi connectivity index (χ2v) is 9.99. The molecule has 1 amide bonds. The van der Waals surface area contributed by atoms with Gasteiger partial charge in [-0.15, -0.1) is 5.10 Å². The molecule has 1 aromatic carbocycles. The first kappa shape index (κ1) is 24.1. The van der Waals surface area contributed by atoms with E-state index in [9.17, 15) is 9.59 Å². The van der Waals surface area contributed by atoms with Gasteiger partial charge < -0.3 is 19.7 Å². The van der Waals surface area contributed by atoms with Gasteiger partial charge in [0.15, 0.2) is 5.16 Å². The molecule has 11 nitrogen and oxygen atoms in total. The maximum Gasteiger partial charge on any atom is 0.415 e. The van der Waals surface area contributed by atoms with Crippen LogP contribution >= 0.6 is 23.5 Å². The van der Waals surface area contributed by atoms with Gasteiger partial charge in [-0.2, -0.15) is 0 Å². The quantitative estimate of drug-likeness (QED) is 0.397. The topological polar surface area (TPSA) is 139 Å². The lowest BCUT2D eigenvalue weighted by molar-refractivity contribution is -0.137. The second kappa shape index (κ2) is 11.9. The van der Waals surface area contributed by atoms with E-state index < -0.39 is 5.97 Å². The fourth-order valence-corrected chi connectivity index (χ4v) is 5.31. The number of aromatic amines is 1. The highest BCUT2D eigenvalue weighted by Crippen LogP contribution is 2.29. The number of rotatable bonds is 10. The van der Waals surface area contributed by atoms with E-state index in [0.29, 0.717) is 24.0 Å². The molecule has 3 heterocycles. The van der Waals surface area contributed by atoms with Gasteiger partial charge in [-0.25, -0.2) is 14.5 Å². The highest BCUT2D eigenvalue weighted by atomic mass is 32.2. The Hall–Kier alpha value is -3.06. The number of carbonyl (C=O) groups excluding carboxylic acids is 1. The van der Waals surface area contributed by atoms with Crippen LogP contribution in [0.4, 0.5) is 4.79 Å². The summed E-state index contributed by atoms with van der Waals surface area (Å²) in [5.74, 6) is 0.546. The molecular formula is C21H25N7O4S2. The standard InChI is InChI=1S/C21H25N7O4S2/c29-18(30)7-13-28-20(24-25-26-28)34-17-5-11-27(12-6-17)21(31)32-16-3-1-15(2-4-16)8-14-33-19-22-9-10-23-19/h1-4,9-10,17H,5-8,11-14H2,(H,22,23)(H,29,30). The minimum Gasteiger partial charge on any atom is -0.481 e. The predicted octanol–water partition coefficient (Wildman–Crippen LogP) is 2.96. The molecule has 34 heavy (non-hydrogen) atoms. The Bertz CT molecular complexity index is 1070. The summed E-state index contributed by atoms with van der Waals surface area (Å²) in [5, 5.41) is 22.1. The predicted molar refractivity (Wildman–Crippen MR) is 126 cm³/mol. The number of thioether (sulfide) groups is 2. The van der Waals surface area contributed by atoms with E-state index in [1.54, 1.807) is 22.9 Å². The summed E-state index contributed by atoms with van der Waals surface area (Å²) in [5.41, 5.74) is 1.17. The molecule has 1 aliphatic heterocycles. The van der Waals surface area contributed by atoms with E-state index in [-0.39, 0.29) is 24.3 Å². The first-order valence-corrected chi connectivity index (χ1v) is 12.8. The summed E-state index contributed by atoms with van der Waals surface area (Å²) in [4.78, 5) is 32.3. The molecule has 2 aromatic heterocycles. The molecule has 0 aliphatic carbocycles. The number of imidazole rings is 1. The average Bonchev–Trinajstić information content (AvgIpc) is 3.51. The van der Waals surface area contributed by atoms with Gasteiger partial charge in [0.1, 0.15) is 5.75 Å². The van der Waals surface area contributed by atoms with Crippen molar-refractivity contribution in [3.05, 3.63) is 42.2 Å². The van der Waals surface area contributed by atoms with Crippen molar-refractivity contribution in [2.45, 2.75) is 47.8 Å². The van der Waals surface area contributed by atoms with Gasteiger partial charge in [-0.05, 0) is 47.4 Å². The zero-order chi connectivity index (χ0) is 23.8. The number of H-pyrrole nitrogens is 1. The van der Waals surface area contributed by atoms with E-state index >= 15 is 0 Å². The van der Waals surface area contributed by atoms with Crippen molar-refractivity contribution < 1.29 is 19.4 Å². The van der Waals surface area contributed by atoms with Gasteiger partial charge >= 0.3 is 12.1 Å². The number of carboxylic acid groups (broad SMARTS) is 1. The van der Waals surface area contributed by atoms with Crippen LogP contribution in [-0.2, 0) is 17.8 Å². The van der Waals surface area contributed by atoms with Crippen molar-refractivity contribution in [3.8, 4) is 5.75 Å². The number of hydrogen-bond donors (Lipinski definition) is 2. The number of nitrogens with one attached hydrogen (secondary N) is 1. The number of carbonyl (C=O) groups is 2. The van der Waals surface area contributed by atoms with Gasteiger partial charge in [-0.1, -0.05) is 35.7 Å². The molecule has 1 fully saturated rings. The number of hydrogen-bond acceptors (Lipinski definition) is 9. The van der Waals surface area contributed by atoms with Crippen LogP contribution in [0.2, 0.25) is 0 Å². The Labute approximate surface area is 204 Å². The first-order chi connectivity index (χ1) is 16.6. The van der Waals surface area contributed by atoms with Crippen LogP contribution in [-0.4, -0.2) is 76.3 Å². The third-order valence-corrected chi connectivity index (χ3v) is 7.45. The number of aryl methyl sites for hydroxylation is 2. The number of likely N-dealkylation sites (tertiary alicyclic amines) is 1. The highest BCUT2D eigenvalue weighted by Gasteiger charge is 2.26. The molecule has 180 valence electrons. The number of benzene rings is 1. The molecule has 13 heteroatoms. The third kappa shape index (κ3) is 6.97. The summed E-state index contributed by atoms with van der Waals surface area (Å²) in [7, 11) is 0. The Morgan fingerprint density at radius 1 is 1.21 bits per heavy atom. The lowest BCUT2D eigenvalue weighted by Crippen LogP contribution is -2.41. The summed E-state index contributed by atoms with van der Waals surface area (Å²) in [6.07, 6.45) is 5.61. The maximum absolute atomic E-state index is 12.6. The van der Waals surface area contributed by atoms with E-state index in [1.165, 1.54) is 22.0 Å². The number of aliphatic carboxylic acids is 1. The minimum atomic E-state index is -0.892. The Kier molecular flexibility index (Phi) is 8.41. The SMILES string of the molecule is O=C(O)CCn1nnnc1SC1CCN(C(=O)Oc2ccc(CCSc3ncc[nH]3)cc2)CC1. The second-order valence-electron chi connectivity index (χ2n) is 7.64. The van der Waals surface area contributed by atoms with E-state index in [1.807, 2.05) is 30.5 Å². The average molecular weight is 504 g/mol. The first-order valence-electron chi connectivity index (χ1n) is 10.9. The van der Waals surface area contributed by atoms with Crippen LogP contribution in [0.25, 0.3) is 0 Å². The molecule has 1 aliphatic rings. The summed E-state index contributed by atoms with van der Waals surface area (Å²) in [6, 6.07) is 7.60. The molecule has 2 N–H and O–H groups in total. The Morgan fingerprint density at radius 3 is 2.71 bits per heavy atom. The fraction of sp³-hybridized carbons (Fsp3) is 0.429. The lowest BCUT2D eigenvalue weighted by Gasteiger charge is -2.30. The Morgan fingerprint density at radius 2 is 2.00 bits per heavy atom. The van der Waals surface area contributed by atoms with Crippen molar-refractivity contribution >= 4 is 35.6 Å². The lowest BCUT2D eigenvalue weighted by atomic mass is 10.1. The maximum atomic E-state index is 12.6. The van der Waals surface area contributed by atoms with Crippen LogP contribution in [0.15, 0.2) is 47.0 Å². The number of aromatic nitrogens is 6. The van der Waals surface area contributed by atoms with Crippen LogP contribution in [0.5, 0.6) is 5.75 Å². The van der Waals surface area contributed by atoms with Crippen LogP contribution in [0, 0.1) is 0 Å². The third-order valence-electron chi connectivity index (χ3n) is 5.24. The zero-order valence-electron chi connectivity index (χ0n) is 18.4. The summed E-state index contributed by atoms with van der Waals surface area (Å²) < 4.78 is 7.07. The highest BCUT2D eigenvalue weighted by molar-refractivity contribution is 7.99. The van der Waals surface area contributed by atoms with E-state index in [4.69, 9.17) is 9.84 Å². The van der Waals surface area contributed by atoms with Gasteiger partial charge in [0.2, 0.25) is 5.16 Å².